The molecule has 0 saturated heterocycles. The Morgan fingerprint density at radius 1 is 0.938 bits per heavy atom. The van der Waals surface area contributed by atoms with E-state index in [2.05, 4.69) is 15.5 Å². The molecule has 0 saturated carbocycles. The molecule has 8 nitrogen and oxygen atoms in total. The molecule has 160 valence electrons. The molecule has 0 aliphatic carbocycles. The number of amides is 1. The van der Waals surface area contributed by atoms with Gasteiger partial charge in [-0.05, 0) is 48.5 Å². The molecule has 0 spiro atoms. The van der Waals surface area contributed by atoms with Crippen LogP contribution in [0.25, 0.3) is 11.5 Å². The molecular weight excluding hydrogens is 410 g/mol. The van der Waals surface area contributed by atoms with Gasteiger partial charge in [0.05, 0.1) is 0 Å². The first-order valence-electron chi connectivity index (χ1n) is 10.0. The van der Waals surface area contributed by atoms with E-state index in [-0.39, 0.29) is 19.1 Å². The van der Waals surface area contributed by atoms with Gasteiger partial charge in [0.25, 0.3) is 11.8 Å². The van der Waals surface area contributed by atoms with E-state index in [0.717, 1.165) is 5.56 Å². The molecule has 2 heterocycles. The van der Waals surface area contributed by atoms with Crippen LogP contribution < -0.4 is 19.5 Å². The van der Waals surface area contributed by atoms with Gasteiger partial charge in [-0.3, -0.25) is 4.79 Å². The van der Waals surface area contributed by atoms with Crippen LogP contribution >= 0.6 is 0 Å². The molecule has 5 rings (SSSR count). The van der Waals surface area contributed by atoms with Gasteiger partial charge in [0, 0.05) is 11.3 Å². The number of aromatic nitrogens is 2. The molecule has 1 N–H and O–H groups in total. The predicted octanol–water partition coefficient (Wildman–Crippen LogP) is 4.09. The van der Waals surface area contributed by atoms with Gasteiger partial charge in [0.15, 0.2) is 18.1 Å². The van der Waals surface area contributed by atoms with Crippen LogP contribution in [-0.4, -0.2) is 28.8 Å². The van der Waals surface area contributed by atoms with Crippen molar-refractivity contribution in [3.05, 3.63) is 84.8 Å². The summed E-state index contributed by atoms with van der Waals surface area (Å²) in [5.41, 5.74) is 1.47. The second-order valence-electron chi connectivity index (χ2n) is 7.03. The molecule has 32 heavy (non-hydrogen) atoms. The first kappa shape index (κ1) is 19.6. The van der Waals surface area contributed by atoms with E-state index in [1.54, 1.807) is 36.4 Å². The lowest BCUT2D eigenvalue weighted by Crippen LogP contribution is -2.40. The van der Waals surface area contributed by atoms with Crippen molar-refractivity contribution in [3.63, 3.8) is 0 Å². The number of carbonyl (C=O) groups excluding carboxylic acids is 1. The Bertz CT molecular complexity index is 1210. The highest BCUT2D eigenvalue weighted by Crippen LogP contribution is 2.31. The SMILES string of the molecule is O=C(Nc1ccc(OCc2nnc(-c3ccccc3)o2)cc1)[C@H]1COc2ccccc2O1. The van der Waals surface area contributed by atoms with Crippen molar-refractivity contribution in [1.29, 1.82) is 0 Å². The highest BCUT2D eigenvalue weighted by molar-refractivity contribution is 5.94. The van der Waals surface area contributed by atoms with Crippen LogP contribution in [-0.2, 0) is 11.4 Å². The molecule has 8 heteroatoms. The lowest BCUT2D eigenvalue weighted by molar-refractivity contribution is -0.125. The van der Waals surface area contributed by atoms with Crippen molar-refractivity contribution in [1.82, 2.24) is 10.2 Å². The quantitative estimate of drug-likeness (QED) is 0.493. The summed E-state index contributed by atoms with van der Waals surface area (Å²) in [6.45, 7) is 0.289. The van der Waals surface area contributed by atoms with E-state index in [0.29, 0.717) is 34.7 Å². The summed E-state index contributed by atoms with van der Waals surface area (Å²) in [6.07, 6.45) is -0.725. The minimum absolute atomic E-state index is 0.137. The molecule has 1 aliphatic rings. The summed E-state index contributed by atoms with van der Waals surface area (Å²) in [6, 6.07) is 23.8. The zero-order chi connectivity index (χ0) is 21.8. The maximum Gasteiger partial charge on any atom is 0.269 e. The number of rotatable bonds is 6. The number of carbonyl (C=O) groups is 1. The average Bonchev–Trinajstić information content (AvgIpc) is 3.33. The summed E-state index contributed by atoms with van der Waals surface area (Å²) >= 11 is 0. The smallest absolute Gasteiger partial charge is 0.269 e. The highest BCUT2D eigenvalue weighted by atomic mass is 16.6. The molecule has 0 bridgehead atoms. The number of nitrogens with zero attached hydrogens (tertiary/aromatic N) is 2. The van der Waals surface area contributed by atoms with Gasteiger partial charge in [-0.2, -0.15) is 0 Å². The number of ether oxygens (including phenoxy) is 3. The molecule has 3 aromatic carbocycles. The Hall–Kier alpha value is -4.33. The monoisotopic (exact) mass is 429 g/mol. The van der Waals surface area contributed by atoms with Gasteiger partial charge in [-0.25, -0.2) is 0 Å². The average molecular weight is 429 g/mol. The molecule has 1 atom stereocenters. The van der Waals surface area contributed by atoms with Gasteiger partial charge in [0.2, 0.25) is 12.0 Å². The summed E-state index contributed by atoms with van der Waals surface area (Å²) in [5, 5.41) is 10.9. The number of anilines is 1. The summed E-state index contributed by atoms with van der Waals surface area (Å²) in [5.74, 6) is 2.32. The highest BCUT2D eigenvalue weighted by Gasteiger charge is 2.27. The van der Waals surface area contributed by atoms with Gasteiger partial charge in [-0.15, -0.1) is 10.2 Å². The van der Waals surface area contributed by atoms with Crippen LogP contribution in [0.1, 0.15) is 5.89 Å². The van der Waals surface area contributed by atoms with Gasteiger partial charge in [-0.1, -0.05) is 30.3 Å². The topological polar surface area (TPSA) is 95.7 Å². The van der Waals surface area contributed by atoms with E-state index in [9.17, 15) is 4.79 Å². The van der Waals surface area contributed by atoms with Crippen LogP contribution in [0, 0.1) is 0 Å². The van der Waals surface area contributed by atoms with Crippen LogP contribution in [0.2, 0.25) is 0 Å². The molecule has 1 aliphatic heterocycles. The molecule has 4 aromatic rings. The van der Waals surface area contributed by atoms with Crippen LogP contribution in [0.3, 0.4) is 0 Å². The Morgan fingerprint density at radius 3 is 2.50 bits per heavy atom. The fourth-order valence-electron chi connectivity index (χ4n) is 3.16. The van der Waals surface area contributed by atoms with E-state index in [4.69, 9.17) is 18.6 Å². The standard InChI is InChI=1S/C24H19N3O5/c28-23(21-14-30-19-8-4-5-9-20(19)31-21)25-17-10-12-18(13-11-17)29-15-22-26-27-24(32-22)16-6-2-1-3-7-16/h1-13,21H,14-15H2,(H,25,28)/t21-/m1/s1. The first-order valence-corrected chi connectivity index (χ1v) is 10.0. The van der Waals surface area contributed by atoms with Crippen LogP contribution in [0.15, 0.2) is 83.3 Å². The minimum atomic E-state index is -0.725. The second kappa shape index (κ2) is 8.81. The van der Waals surface area contributed by atoms with Crippen LogP contribution in [0.5, 0.6) is 17.2 Å². The maximum atomic E-state index is 12.5. The van der Waals surface area contributed by atoms with Crippen LogP contribution in [0.4, 0.5) is 5.69 Å². The zero-order valence-corrected chi connectivity index (χ0v) is 16.9. The Kier molecular flexibility index (Phi) is 5.40. The Labute approximate surface area is 183 Å². The zero-order valence-electron chi connectivity index (χ0n) is 16.9. The molecule has 1 amide bonds. The molecule has 0 unspecified atom stereocenters. The Morgan fingerprint density at radius 2 is 1.69 bits per heavy atom. The number of fused-ring (bicyclic) bond motifs is 1. The van der Waals surface area contributed by atoms with Gasteiger partial charge < -0.3 is 23.9 Å². The van der Waals surface area contributed by atoms with E-state index in [1.165, 1.54) is 0 Å². The summed E-state index contributed by atoms with van der Waals surface area (Å²) in [7, 11) is 0. The number of para-hydroxylation sites is 2. The normalized spacial score (nSPS) is 14.6. The third-order valence-corrected chi connectivity index (χ3v) is 4.77. The lowest BCUT2D eigenvalue weighted by Gasteiger charge is -2.25. The number of hydrogen-bond acceptors (Lipinski definition) is 7. The third-order valence-electron chi connectivity index (χ3n) is 4.77. The van der Waals surface area contributed by atoms with Gasteiger partial charge >= 0.3 is 0 Å². The van der Waals surface area contributed by atoms with Crippen molar-refractivity contribution < 1.29 is 23.4 Å². The number of benzene rings is 3. The van der Waals surface area contributed by atoms with Gasteiger partial charge in [0.1, 0.15) is 12.4 Å². The van der Waals surface area contributed by atoms with Crippen molar-refractivity contribution in [2.75, 3.05) is 11.9 Å². The van der Waals surface area contributed by atoms with E-state index >= 15 is 0 Å². The van der Waals surface area contributed by atoms with E-state index < -0.39 is 6.10 Å². The number of hydrogen-bond donors (Lipinski definition) is 1. The second-order valence-corrected chi connectivity index (χ2v) is 7.03. The third kappa shape index (κ3) is 4.39. The number of nitrogens with one attached hydrogen (secondary N) is 1. The molecule has 0 radical (unpaired) electrons. The lowest BCUT2D eigenvalue weighted by atomic mass is 10.2. The fourth-order valence-corrected chi connectivity index (χ4v) is 3.16. The van der Waals surface area contributed by atoms with Crippen molar-refractivity contribution in [2.45, 2.75) is 12.7 Å². The van der Waals surface area contributed by atoms with Crippen molar-refractivity contribution in [3.8, 4) is 28.7 Å². The van der Waals surface area contributed by atoms with Crippen molar-refractivity contribution >= 4 is 11.6 Å². The summed E-state index contributed by atoms with van der Waals surface area (Å²) < 4.78 is 22.7. The molecule has 1 aromatic heterocycles. The minimum Gasteiger partial charge on any atom is -0.485 e. The fraction of sp³-hybridized carbons (Fsp3) is 0.125. The predicted molar refractivity (Wildman–Crippen MR) is 115 cm³/mol. The molecular formula is C24H19N3O5. The summed E-state index contributed by atoms with van der Waals surface area (Å²) in [4.78, 5) is 12.5. The van der Waals surface area contributed by atoms with E-state index in [1.807, 2.05) is 42.5 Å². The first-order chi connectivity index (χ1) is 15.7. The maximum absolute atomic E-state index is 12.5. The Balaban J connectivity index is 1.15. The van der Waals surface area contributed by atoms with Crippen molar-refractivity contribution in [2.24, 2.45) is 0 Å². The largest absolute Gasteiger partial charge is 0.485 e. The molecule has 0 fully saturated rings.